The van der Waals surface area contributed by atoms with Crippen molar-refractivity contribution >= 4 is 15.9 Å². The molecule has 1 nitrogen and oxygen atoms in total. The van der Waals surface area contributed by atoms with E-state index in [2.05, 4.69) is 46.1 Å². The smallest absolute Gasteiger partial charge is 0.0233 e. The Morgan fingerprint density at radius 1 is 1.38 bits per heavy atom. The summed E-state index contributed by atoms with van der Waals surface area (Å²) in [6.45, 7) is 2.30. The molecule has 2 rings (SSSR count). The average molecular weight is 240 g/mol. The summed E-state index contributed by atoms with van der Waals surface area (Å²) in [6.07, 6.45) is 2.48. The molecule has 0 saturated carbocycles. The van der Waals surface area contributed by atoms with Gasteiger partial charge >= 0.3 is 0 Å². The summed E-state index contributed by atoms with van der Waals surface area (Å²) in [6, 6.07) is 6.51. The summed E-state index contributed by atoms with van der Waals surface area (Å²) in [5, 5.41) is 0. The van der Waals surface area contributed by atoms with Gasteiger partial charge in [-0.15, -0.1) is 0 Å². The number of benzene rings is 1. The molecule has 13 heavy (non-hydrogen) atoms. The summed E-state index contributed by atoms with van der Waals surface area (Å²) in [5.41, 5.74) is 2.99. The van der Waals surface area contributed by atoms with E-state index in [1.165, 1.54) is 35.0 Å². The summed E-state index contributed by atoms with van der Waals surface area (Å²) in [5.74, 6) is 0. The van der Waals surface area contributed by atoms with Gasteiger partial charge in [-0.05, 0) is 43.6 Å². The Hall–Kier alpha value is -0.340. The fourth-order valence-electron chi connectivity index (χ4n) is 1.93. The molecule has 0 spiro atoms. The van der Waals surface area contributed by atoms with Gasteiger partial charge in [-0.3, -0.25) is 0 Å². The molecule has 1 aliphatic heterocycles. The van der Waals surface area contributed by atoms with E-state index in [1.54, 1.807) is 0 Å². The highest BCUT2D eigenvalue weighted by Gasteiger charge is 2.12. The predicted octanol–water partition coefficient (Wildman–Crippen LogP) is 2.83. The van der Waals surface area contributed by atoms with Crippen LogP contribution in [0.2, 0.25) is 0 Å². The number of nitrogens with zero attached hydrogens (tertiary/aromatic N) is 1. The first-order valence-electron chi connectivity index (χ1n) is 4.72. The minimum absolute atomic E-state index is 1.09. The number of hydrogen-bond donors (Lipinski definition) is 0. The second-order valence-corrected chi connectivity index (χ2v) is 4.57. The first kappa shape index (κ1) is 9.22. The Bertz CT molecular complexity index is 309. The largest absolute Gasteiger partial charge is 0.302 e. The van der Waals surface area contributed by atoms with Gasteiger partial charge in [0.25, 0.3) is 0 Å². The monoisotopic (exact) mass is 239 g/mol. The molecule has 0 radical (unpaired) electrons. The zero-order valence-electron chi connectivity index (χ0n) is 7.89. The number of fused-ring (bicyclic) bond motifs is 1. The maximum atomic E-state index is 3.62. The summed E-state index contributed by atoms with van der Waals surface area (Å²) in [4.78, 5) is 2.39. The van der Waals surface area contributed by atoms with E-state index in [4.69, 9.17) is 0 Å². The number of halogens is 1. The van der Waals surface area contributed by atoms with Crippen LogP contribution < -0.4 is 0 Å². The van der Waals surface area contributed by atoms with Crippen molar-refractivity contribution in [3.8, 4) is 0 Å². The average Bonchev–Trinajstić information content (AvgIpc) is 2.27. The first-order chi connectivity index (χ1) is 6.27. The summed E-state index contributed by atoms with van der Waals surface area (Å²) in [7, 11) is 2.19. The highest BCUT2D eigenvalue weighted by molar-refractivity contribution is 9.10. The standard InChI is InChI=1S/C11H14BrN/c1-13-7-3-5-10-9(8-13)4-2-6-11(10)12/h2,4,6H,3,5,7-8H2,1H3. The lowest BCUT2D eigenvalue weighted by Gasteiger charge is -2.13. The van der Waals surface area contributed by atoms with Gasteiger partial charge < -0.3 is 4.90 Å². The van der Waals surface area contributed by atoms with Crippen molar-refractivity contribution in [2.45, 2.75) is 19.4 Å². The molecule has 0 bridgehead atoms. The molecule has 0 aliphatic carbocycles. The van der Waals surface area contributed by atoms with E-state index < -0.39 is 0 Å². The third-order valence-corrected chi connectivity index (χ3v) is 3.37. The molecule has 0 unspecified atom stereocenters. The second kappa shape index (κ2) is 3.81. The highest BCUT2D eigenvalue weighted by Crippen LogP contribution is 2.25. The van der Waals surface area contributed by atoms with E-state index in [0.29, 0.717) is 0 Å². The molecule has 2 heteroatoms. The van der Waals surface area contributed by atoms with E-state index in [1.807, 2.05) is 0 Å². The van der Waals surface area contributed by atoms with Crippen molar-refractivity contribution in [3.05, 3.63) is 33.8 Å². The van der Waals surface area contributed by atoms with Gasteiger partial charge in [0, 0.05) is 11.0 Å². The van der Waals surface area contributed by atoms with Crippen molar-refractivity contribution < 1.29 is 0 Å². The van der Waals surface area contributed by atoms with Crippen LogP contribution in [0.1, 0.15) is 17.5 Å². The van der Waals surface area contributed by atoms with E-state index in [0.717, 1.165) is 6.54 Å². The Morgan fingerprint density at radius 2 is 2.23 bits per heavy atom. The van der Waals surface area contributed by atoms with Gasteiger partial charge in [-0.2, -0.15) is 0 Å². The Kier molecular flexibility index (Phi) is 2.70. The Balaban J connectivity index is 2.39. The van der Waals surface area contributed by atoms with Crippen LogP contribution in [0.3, 0.4) is 0 Å². The molecule has 1 heterocycles. The predicted molar refractivity (Wildman–Crippen MR) is 58.8 cm³/mol. The van der Waals surface area contributed by atoms with Gasteiger partial charge in [0.2, 0.25) is 0 Å². The van der Waals surface area contributed by atoms with Gasteiger partial charge in [-0.25, -0.2) is 0 Å². The van der Waals surface area contributed by atoms with E-state index in [-0.39, 0.29) is 0 Å². The molecular formula is C11H14BrN. The third kappa shape index (κ3) is 1.94. The molecule has 1 aromatic carbocycles. The van der Waals surface area contributed by atoms with Crippen molar-refractivity contribution in [1.82, 2.24) is 4.90 Å². The van der Waals surface area contributed by atoms with Gasteiger partial charge in [0.15, 0.2) is 0 Å². The lowest BCUT2D eigenvalue weighted by Crippen LogP contribution is -2.16. The molecule has 0 atom stereocenters. The highest BCUT2D eigenvalue weighted by atomic mass is 79.9. The topological polar surface area (TPSA) is 3.24 Å². The Morgan fingerprint density at radius 3 is 3.08 bits per heavy atom. The van der Waals surface area contributed by atoms with Crippen molar-refractivity contribution in [3.63, 3.8) is 0 Å². The molecule has 0 saturated heterocycles. The van der Waals surface area contributed by atoms with Gasteiger partial charge in [-0.1, -0.05) is 28.1 Å². The minimum Gasteiger partial charge on any atom is -0.302 e. The molecule has 1 aromatic rings. The molecule has 0 N–H and O–H groups in total. The minimum atomic E-state index is 1.09. The van der Waals surface area contributed by atoms with Crippen molar-refractivity contribution in [2.24, 2.45) is 0 Å². The first-order valence-corrected chi connectivity index (χ1v) is 5.51. The van der Waals surface area contributed by atoms with Crippen LogP contribution in [0.5, 0.6) is 0 Å². The summed E-state index contributed by atoms with van der Waals surface area (Å²) < 4.78 is 1.28. The van der Waals surface area contributed by atoms with Crippen LogP contribution in [0.15, 0.2) is 22.7 Å². The summed E-state index contributed by atoms with van der Waals surface area (Å²) >= 11 is 3.62. The van der Waals surface area contributed by atoms with Crippen LogP contribution in [-0.2, 0) is 13.0 Å². The lowest BCUT2D eigenvalue weighted by molar-refractivity contribution is 0.332. The van der Waals surface area contributed by atoms with E-state index >= 15 is 0 Å². The van der Waals surface area contributed by atoms with E-state index in [9.17, 15) is 0 Å². The molecular weight excluding hydrogens is 226 g/mol. The quantitative estimate of drug-likeness (QED) is 0.674. The maximum Gasteiger partial charge on any atom is 0.0233 e. The van der Waals surface area contributed by atoms with Gasteiger partial charge in [0.05, 0.1) is 0 Å². The van der Waals surface area contributed by atoms with Crippen LogP contribution >= 0.6 is 15.9 Å². The van der Waals surface area contributed by atoms with Gasteiger partial charge in [0.1, 0.15) is 0 Å². The zero-order chi connectivity index (χ0) is 9.26. The maximum absolute atomic E-state index is 3.62. The molecule has 0 aromatic heterocycles. The number of rotatable bonds is 0. The SMILES string of the molecule is CN1CCCc2c(Br)cccc2C1. The van der Waals surface area contributed by atoms with Crippen molar-refractivity contribution in [1.29, 1.82) is 0 Å². The molecule has 0 fully saturated rings. The fraction of sp³-hybridized carbons (Fsp3) is 0.455. The molecule has 0 amide bonds. The van der Waals surface area contributed by atoms with Crippen LogP contribution in [-0.4, -0.2) is 18.5 Å². The van der Waals surface area contributed by atoms with Crippen molar-refractivity contribution in [2.75, 3.05) is 13.6 Å². The normalized spacial score (nSPS) is 18.0. The molecule has 1 aliphatic rings. The second-order valence-electron chi connectivity index (χ2n) is 3.72. The van der Waals surface area contributed by atoms with Crippen LogP contribution in [0, 0.1) is 0 Å². The Labute approximate surface area is 87.9 Å². The zero-order valence-corrected chi connectivity index (χ0v) is 9.47. The lowest BCUT2D eigenvalue weighted by atomic mass is 10.0. The number of hydrogen-bond acceptors (Lipinski definition) is 1. The van der Waals surface area contributed by atoms with Crippen LogP contribution in [0.25, 0.3) is 0 Å². The fourth-order valence-corrected chi connectivity index (χ4v) is 2.53. The van der Waals surface area contributed by atoms with Crippen LogP contribution in [0.4, 0.5) is 0 Å². The molecule has 70 valence electrons. The third-order valence-electron chi connectivity index (χ3n) is 2.62.